The summed E-state index contributed by atoms with van der Waals surface area (Å²) in [6.45, 7) is 0.731. The summed E-state index contributed by atoms with van der Waals surface area (Å²) in [6.07, 6.45) is -2.16. The third-order valence-electron chi connectivity index (χ3n) is 9.24. The van der Waals surface area contributed by atoms with E-state index in [2.05, 4.69) is 0 Å². The van der Waals surface area contributed by atoms with Gasteiger partial charge in [-0.2, -0.15) is 8.42 Å². The third kappa shape index (κ3) is 9.93. The molecule has 1 heterocycles. The van der Waals surface area contributed by atoms with Gasteiger partial charge in [0.2, 0.25) is 0 Å². The maximum absolute atomic E-state index is 14.4. The molecule has 6 rings (SSSR count). The molecular formula is C43H45NO9S. The summed E-state index contributed by atoms with van der Waals surface area (Å²) < 4.78 is 61.8. The van der Waals surface area contributed by atoms with E-state index in [9.17, 15) is 13.2 Å². The fourth-order valence-electron chi connectivity index (χ4n) is 6.58. The molecule has 1 fully saturated rings. The van der Waals surface area contributed by atoms with Gasteiger partial charge >= 0.3 is 0 Å². The van der Waals surface area contributed by atoms with E-state index in [1.165, 1.54) is 0 Å². The molecule has 54 heavy (non-hydrogen) atoms. The van der Waals surface area contributed by atoms with Gasteiger partial charge in [0.05, 0.1) is 59.0 Å². The predicted octanol–water partition coefficient (Wildman–Crippen LogP) is 6.74. The molecule has 0 bridgehead atoms. The van der Waals surface area contributed by atoms with Crippen molar-refractivity contribution in [2.45, 2.75) is 50.2 Å². The highest BCUT2D eigenvalue weighted by molar-refractivity contribution is 7.86. The van der Waals surface area contributed by atoms with Crippen LogP contribution in [0.25, 0.3) is 0 Å². The van der Waals surface area contributed by atoms with Gasteiger partial charge in [0.1, 0.15) is 23.7 Å². The normalized spacial score (nSPS) is 16.8. The maximum atomic E-state index is 14.4. The lowest BCUT2D eigenvalue weighted by Crippen LogP contribution is -2.73. The van der Waals surface area contributed by atoms with Crippen LogP contribution in [-0.4, -0.2) is 70.7 Å². The van der Waals surface area contributed by atoms with Crippen LogP contribution in [0.3, 0.4) is 0 Å². The Kier molecular flexibility index (Phi) is 13.1. The topological polar surface area (TPSA) is 110 Å². The minimum Gasteiger partial charge on any atom is -0.497 e. The molecule has 10 nitrogen and oxygen atoms in total. The Morgan fingerprint density at radius 2 is 1.06 bits per heavy atom. The Morgan fingerprint density at radius 3 is 1.50 bits per heavy atom. The lowest BCUT2D eigenvalue weighted by atomic mass is 9.84. The first kappa shape index (κ1) is 38.7. The summed E-state index contributed by atoms with van der Waals surface area (Å²) in [5, 5.41) is 0. The van der Waals surface area contributed by atoms with Gasteiger partial charge in [0, 0.05) is 0 Å². The molecule has 1 aliphatic heterocycles. The number of methoxy groups -OCH3 is 2. The standard InChI is InChI=1S/C43H45NO9S/c1-48-36-23-19-34(20-24-36)39(35-21-25-37(49-2)26-22-35)44-40(42(43(44)45)53-54(3,46)47)41(52-29-33-17-11-6-12-18-33)38(51-28-32-15-9-5-10-16-32)30-50-27-31-13-7-4-8-14-31/h4-26,38-42H,27-30H2,1-3H3/t38-,40-,41-,42+/m1/s1. The first-order valence-corrected chi connectivity index (χ1v) is 19.5. The summed E-state index contributed by atoms with van der Waals surface area (Å²) in [5.41, 5.74) is 4.31. The summed E-state index contributed by atoms with van der Waals surface area (Å²) >= 11 is 0. The number of likely N-dealkylation sites (tertiary alicyclic amines) is 1. The Hall–Kier alpha value is -5.04. The second-order valence-electron chi connectivity index (χ2n) is 13.0. The van der Waals surface area contributed by atoms with E-state index in [-0.39, 0.29) is 19.8 Å². The van der Waals surface area contributed by atoms with Crippen molar-refractivity contribution in [1.29, 1.82) is 0 Å². The number of ether oxygens (including phenoxy) is 5. The van der Waals surface area contributed by atoms with Gasteiger partial charge in [-0.25, -0.2) is 0 Å². The summed E-state index contributed by atoms with van der Waals surface area (Å²) in [4.78, 5) is 16.1. The van der Waals surface area contributed by atoms with Gasteiger partial charge in [0.15, 0.2) is 6.10 Å². The Bertz CT molecular complexity index is 1970. The van der Waals surface area contributed by atoms with E-state index in [1.54, 1.807) is 19.1 Å². The number of β-lactam (4-membered cyclic amide) rings is 1. The second kappa shape index (κ2) is 18.3. The number of nitrogens with zero attached hydrogens (tertiary/aromatic N) is 1. The smallest absolute Gasteiger partial charge is 0.265 e. The third-order valence-corrected chi connectivity index (χ3v) is 9.79. The van der Waals surface area contributed by atoms with Gasteiger partial charge in [-0.1, -0.05) is 115 Å². The van der Waals surface area contributed by atoms with Gasteiger partial charge in [0.25, 0.3) is 16.0 Å². The highest BCUT2D eigenvalue weighted by atomic mass is 32.2. The SMILES string of the molecule is COc1ccc(C(c2ccc(OC)cc2)N2C(=O)[C@@H](OS(C)(=O)=O)[C@H]2[C@H](OCc2ccccc2)[C@@H](COCc2ccccc2)OCc2ccccc2)cc1. The first-order chi connectivity index (χ1) is 26.2. The van der Waals surface area contributed by atoms with Crippen LogP contribution in [0.1, 0.15) is 33.9 Å². The number of amides is 1. The van der Waals surface area contributed by atoms with Crippen LogP contribution < -0.4 is 9.47 Å². The van der Waals surface area contributed by atoms with E-state index in [1.807, 2.05) is 140 Å². The average molecular weight is 752 g/mol. The zero-order valence-corrected chi connectivity index (χ0v) is 31.3. The number of hydrogen-bond acceptors (Lipinski definition) is 9. The van der Waals surface area contributed by atoms with E-state index in [4.69, 9.17) is 27.9 Å². The highest BCUT2D eigenvalue weighted by Crippen LogP contribution is 2.42. The quantitative estimate of drug-likeness (QED) is 0.0670. The molecule has 1 amide bonds. The Morgan fingerprint density at radius 1 is 0.611 bits per heavy atom. The van der Waals surface area contributed by atoms with Gasteiger partial charge in [-0.3, -0.25) is 8.98 Å². The van der Waals surface area contributed by atoms with Gasteiger partial charge < -0.3 is 28.6 Å². The number of carbonyl (C=O) groups excluding carboxylic acids is 1. The van der Waals surface area contributed by atoms with E-state index < -0.39 is 46.4 Å². The maximum Gasteiger partial charge on any atom is 0.265 e. The van der Waals surface area contributed by atoms with Crippen LogP contribution in [-0.2, 0) is 53.1 Å². The lowest BCUT2D eigenvalue weighted by Gasteiger charge is -2.53. The molecule has 0 saturated carbocycles. The number of rotatable bonds is 19. The van der Waals surface area contributed by atoms with Crippen LogP contribution in [0.2, 0.25) is 0 Å². The summed E-state index contributed by atoms with van der Waals surface area (Å²) in [6, 6.07) is 42.3. The molecule has 282 valence electrons. The molecular weight excluding hydrogens is 707 g/mol. The second-order valence-corrected chi connectivity index (χ2v) is 14.6. The first-order valence-electron chi connectivity index (χ1n) is 17.6. The molecule has 0 spiro atoms. The molecule has 0 radical (unpaired) electrons. The molecule has 5 aromatic rings. The van der Waals surface area contributed by atoms with Crippen LogP contribution in [0, 0.1) is 0 Å². The number of carbonyl (C=O) groups is 1. The largest absolute Gasteiger partial charge is 0.497 e. The monoisotopic (exact) mass is 751 g/mol. The van der Waals surface area contributed by atoms with E-state index in [0.29, 0.717) is 18.1 Å². The molecule has 1 aliphatic rings. The summed E-state index contributed by atoms with van der Waals surface area (Å²) in [5.74, 6) is 0.777. The molecule has 1 saturated heterocycles. The van der Waals surface area contributed by atoms with Crippen molar-refractivity contribution in [2.24, 2.45) is 0 Å². The number of benzene rings is 5. The zero-order chi connectivity index (χ0) is 37.9. The molecule has 5 aromatic carbocycles. The fraction of sp³-hybridized carbons (Fsp3) is 0.279. The van der Waals surface area contributed by atoms with Gasteiger partial charge in [-0.15, -0.1) is 0 Å². The van der Waals surface area contributed by atoms with Crippen molar-refractivity contribution in [1.82, 2.24) is 4.90 Å². The molecule has 0 aliphatic carbocycles. The predicted molar refractivity (Wildman–Crippen MR) is 204 cm³/mol. The average Bonchev–Trinajstić information content (AvgIpc) is 3.20. The molecule has 0 unspecified atom stereocenters. The molecule has 0 N–H and O–H groups in total. The van der Waals surface area contributed by atoms with Crippen LogP contribution in [0.5, 0.6) is 11.5 Å². The minimum atomic E-state index is -4.09. The zero-order valence-electron chi connectivity index (χ0n) is 30.5. The minimum absolute atomic E-state index is 0.0705. The van der Waals surface area contributed by atoms with Crippen molar-refractivity contribution in [2.75, 3.05) is 27.1 Å². The highest BCUT2D eigenvalue weighted by Gasteiger charge is 2.58. The molecule has 11 heteroatoms. The van der Waals surface area contributed by atoms with Crippen molar-refractivity contribution in [3.8, 4) is 11.5 Å². The van der Waals surface area contributed by atoms with Crippen LogP contribution in [0.15, 0.2) is 140 Å². The van der Waals surface area contributed by atoms with E-state index >= 15 is 0 Å². The van der Waals surface area contributed by atoms with Crippen molar-refractivity contribution in [3.05, 3.63) is 167 Å². The molecule has 0 aromatic heterocycles. The van der Waals surface area contributed by atoms with Crippen molar-refractivity contribution in [3.63, 3.8) is 0 Å². The van der Waals surface area contributed by atoms with Crippen LogP contribution in [0.4, 0.5) is 0 Å². The lowest BCUT2D eigenvalue weighted by molar-refractivity contribution is -0.201. The van der Waals surface area contributed by atoms with Crippen molar-refractivity contribution >= 4 is 16.0 Å². The van der Waals surface area contributed by atoms with Gasteiger partial charge in [-0.05, 0) is 52.1 Å². The number of hydrogen-bond donors (Lipinski definition) is 0. The Balaban J connectivity index is 1.44. The Labute approximate surface area is 317 Å². The fourth-order valence-corrected chi connectivity index (χ4v) is 7.15. The van der Waals surface area contributed by atoms with Crippen molar-refractivity contribution < 1.29 is 41.1 Å². The summed E-state index contributed by atoms with van der Waals surface area (Å²) in [7, 11) is -0.918. The van der Waals surface area contributed by atoms with E-state index in [0.717, 1.165) is 34.1 Å². The molecule has 4 atom stereocenters. The van der Waals surface area contributed by atoms with Crippen LogP contribution >= 0.6 is 0 Å².